The molecule has 0 fully saturated rings. The Bertz CT molecular complexity index is 392. The zero-order valence-corrected chi connectivity index (χ0v) is 10.6. The highest BCUT2D eigenvalue weighted by Crippen LogP contribution is 2.07. The van der Waals surface area contributed by atoms with E-state index in [4.69, 9.17) is 4.74 Å². The number of amides is 2. The van der Waals surface area contributed by atoms with E-state index in [1.54, 1.807) is 6.92 Å². The van der Waals surface area contributed by atoms with Crippen LogP contribution in [0.4, 0.5) is 0 Å². The monoisotopic (exact) mass is 250 g/mol. The Hall–Kier alpha value is -2.04. The minimum Gasteiger partial charge on any atom is -0.492 e. The highest BCUT2D eigenvalue weighted by Gasteiger charge is 2.12. The molecule has 0 spiro atoms. The Morgan fingerprint density at radius 2 is 1.94 bits per heavy atom. The normalized spacial score (nSPS) is 11.4. The van der Waals surface area contributed by atoms with Crippen molar-refractivity contribution in [3.63, 3.8) is 0 Å². The van der Waals surface area contributed by atoms with Crippen molar-refractivity contribution in [2.45, 2.75) is 19.9 Å². The molecule has 0 aliphatic heterocycles. The van der Waals surface area contributed by atoms with Crippen LogP contribution < -0.4 is 15.4 Å². The third-order valence-electron chi connectivity index (χ3n) is 2.23. The molecule has 0 radical (unpaired) electrons. The Balaban J connectivity index is 2.18. The minimum absolute atomic E-state index is 0.220. The van der Waals surface area contributed by atoms with E-state index in [1.807, 2.05) is 30.3 Å². The highest BCUT2D eigenvalue weighted by molar-refractivity contribution is 5.86. The van der Waals surface area contributed by atoms with Crippen molar-refractivity contribution in [2.24, 2.45) is 0 Å². The van der Waals surface area contributed by atoms with E-state index in [1.165, 1.54) is 6.92 Å². The first kappa shape index (κ1) is 14.0. The van der Waals surface area contributed by atoms with E-state index in [0.717, 1.165) is 5.75 Å². The average molecular weight is 250 g/mol. The predicted molar refractivity (Wildman–Crippen MR) is 68.2 cm³/mol. The molecule has 0 saturated carbocycles. The highest BCUT2D eigenvalue weighted by atomic mass is 16.5. The number of rotatable bonds is 6. The van der Waals surface area contributed by atoms with Crippen molar-refractivity contribution < 1.29 is 14.3 Å². The van der Waals surface area contributed by atoms with Gasteiger partial charge in [-0.3, -0.25) is 9.59 Å². The Morgan fingerprint density at radius 1 is 1.28 bits per heavy atom. The summed E-state index contributed by atoms with van der Waals surface area (Å²) in [6.45, 7) is 3.80. The van der Waals surface area contributed by atoms with Gasteiger partial charge in [-0.05, 0) is 19.1 Å². The zero-order valence-electron chi connectivity index (χ0n) is 10.6. The summed E-state index contributed by atoms with van der Waals surface area (Å²) in [5.74, 6) is 0.321. The fourth-order valence-corrected chi connectivity index (χ4v) is 1.38. The van der Waals surface area contributed by atoms with Crippen molar-refractivity contribution in [2.75, 3.05) is 13.2 Å². The second-order valence-electron chi connectivity index (χ2n) is 3.87. The molecule has 0 saturated heterocycles. The molecule has 1 unspecified atom stereocenters. The fraction of sp³-hybridized carbons (Fsp3) is 0.385. The second-order valence-corrected chi connectivity index (χ2v) is 3.87. The van der Waals surface area contributed by atoms with Crippen LogP contribution in [-0.4, -0.2) is 31.0 Å². The fourth-order valence-electron chi connectivity index (χ4n) is 1.38. The van der Waals surface area contributed by atoms with Gasteiger partial charge >= 0.3 is 0 Å². The standard InChI is InChI=1S/C13H18N2O3/c1-10(15-11(2)16)13(17)14-8-9-18-12-6-4-3-5-7-12/h3-7,10H,8-9H2,1-2H3,(H,14,17)(H,15,16). The van der Waals surface area contributed by atoms with Crippen LogP contribution in [0.3, 0.4) is 0 Å². The summed E-state index contributed by atoms with van der Waals surface area (Å²) < 4.78 is 5.42. The van der Waals surface area contributed by atoms with Gasteiger partial charge in [0.05, 0.1) is 6.54 Å². The van der Waals surface area contributed by atoms with Crippen molar-refractivity contribution >= 4 is 11.8 Å². The third-order valence-corrected chi connectivity index (χ3v) is 2.23. The smallest absolute Gasteiger partial charge is 0.242 e. The van der Waals surface area contributed by atoms with Crippen LogP contribution in [0, 0.1) is 0 Å². The molecule has 1 atom stereocenters. The van der Waals surface area contributed by atoms with Gasteiger partial charge in [0, 0.05) is 6.92 Å². The summed E-state index contributed by atoms with van der Waals surface area (Å²) in [7, 11) is 0. The number of para-hydroxylation sites is 1. The summed E-state index contributed by atoms with van der Waals surface area (Å²) in [6.07, 6.45) is 0. The van der Waals surface area contributed by atoms with Crippen LogP contribution >= 0.6 is 0 Å². The first-order chi connectivity index (χ1) is 8.59. The largest absolute Gasteiger partial charge is 0.492 e. The maximum absolute atomic E-state index is 11.5. The van der Waals surface area contributed by atoms with Crippen LogP contribution in [0.1, 0.15) is 13.8 Å². The lowest BCUT2D eigenvalue weighted by atomic mass is 10.3. The van der Waals surface area contributed by atoms with Gasteiger partial charge in [-0.15, -0.1) is 0 Å². The molecule has 5 nitrogen and oxygen atoms in total. The quantitative estimate of drug-likeness (QED) is 0.731. The number of hydrogen-bond acceptors (Lipinski definition) is 3. The first-order valence-electron chi connectivity index (χ1n) is 5.82. The van der Waals surface area contributed by atoms with E-state index >= 15 is 0 Å². The molecule has 1 aromatic rings. The number of benzene rings is 1. The van der Waals surface area contributed by atoms with Gasteiger partial charge in [0.15, 0.2) is 0 Å². The summed E-state index contributed by atoms with van der Waals surface area (Å²) >= 11 is 0. The van der Waals surface area contributed by atoms with E-state index in [2.05, 4.69) is 10.6 Å². The Morgan fingerprint density at radius 3 is 2.56 bits per heavy atom. The molecule has 98 valence electrons. The summed E-state index contributed by atoms with van der Waals surface area (Å²) in [6, 6.07) is 8.84. The number of ether oxygens (including phenoxy) is 1. The van der Waals surface area contributed by atoms with E-state index in [0.29, 0.717) is 13.2 Å². The van der Waals surface area contributed by atoms with Crippen molar-refractivity contribution in [1.82, 2.24) is 10.6 Å². The van der Waals surface area contributed by atoms with Gasteiger partial charge in [-0.1, -0.05) is 18.2 Å². The maximum Gasteiger partial charge on any atom is 0.242 e. The maximum atomic E-state index is 11.5. The summed E-state index contributed by atoms with van der Waals surface area (Å²) in [4.78, 5) is 22.3. The molecule has 1 rings (SSSR count). The molecule has 0 aliphatic carbocycles. The van der Waals surface area contributed by atoms with Gasteiger partial charge in [0.1, 0.15) is 18.4 Å². The topological polar surface area (TPSA) is 67.4 Å². The van der Waals surface area contributed by atoms with Gasteiger partial charge in [0.25, 0.3) is 0 Å². The van der Waals surface area contributed by atoms with E-state index < -0.39 is 6.04 Å². The van der Waals surface area contributed by atoms with Crippen molar-refractivity contribution in [3.8, 4) is 5.75 Å². The lowest BCUT2D eigenvalue weighted by Crippen LogP contribution is -2.45. The molecule has 2 N–H and O–H groups in total. The number of carbonyl (C=O) groups is 2. The van der Waals surface area contributed by atoms with Gasteiger partial charge in [-0.2, -0.15) is 0 Å². The van der Waals surface area contributed by atoms with Gasteiger partial charge < -0.3 is 15.4 Å². The number of nitrogens with one attached hydrogen (secondary N) is 2. The predicted octanol–water partition coefficient (Wildman–Crippen LogP) is 0.706. The number of carbonyl (C=O) groups excluding carboxylic acids is 2. The molecule has 0 bridgehead atoms. The molecule has 0 aromatic heterocycles. The van der Waals surface area contributed by atoms with Gasteiger partial charge in [-0.25, -0.2) is 0 Å². The molecule has 18 heavy (non-hydrogen) atoms. The van der Waals surface area contributed by atoms with Crippen LogP contribution in [0.5, 0.6) is 5.75 Å². The molecular weight excluding hydrogens is 232 g/mol. The molecule has 5 heteroatoms. The Kier molecular flexibility index (Phi) is 5.70. The second kappa shape index (κ2) is 7.32. The lowest BCUT2D eigenvalue weighted by Gasteiger charge is -2.13. The molecule has 0 aliphatic rings. The Labute approximate surface area is 107 Å². The van der Waals surface area contributed by atoms with E-state index in [-0.39, 0.29) is 11.8 Å². The average Bonchev–Trinajstić information content (AvgIpc) is 2.34. The van der Waals surface area contributed by atoms with Crippen LogP contribution in [0.2, 0.25) is 0 Å². The molecule has 2 amide bonds. The SMILES string of the molecule is CC(=O)NC(C)C(=O)NCCOc1ccccc1. The van der Waals surface area contributed by atoms with Crippen LogP contribution in [0.25, 0.3) is 0 Å². The van der Waals surface area contributed by atoms with Gasteiger partial charge in [0.2, 0.25) is 11.8 Å². The molecule has 0 heterocycles. The molecular formula is C13H18N2O3. The zero-order chi connectivity index (χ0) is 13.4. The van der Waals surface area contributed by atoms with Crippen LogP contribution in [-0.2, 0) is 9.59 Å². The van der Waals surface area contributed by atoms with E-state index in [9.17, 15) is 9.59 Å². The lowest BCUT2D eigenvalue weighted by molar-refractivity contribution is -0.127. The molecule has 1 aromatic carbocycles. The number of hydrogen-bond donors (Lipinski definition) is 2. The minimum atomic E-state index is -0.528. The summed E-state index contributed by atoms with van der Waals surface area (Å²) in [5, 5.41) is 5.19. The summed E-state index contributed by atoms with van der Waals surface area (Å²) in [5.41, 5.74) is 0. The first-order valence-corrected chi connectivity index (χ1v) is 5.82. The van der Waals surface area contributed by atoms with Crippen LogP contribution in [0.15, 0.2) is 30.3 Å². The van der Waals surface area contributed by atoms with Crippen molar-refractivity contribution in [1.29, 1.82) is 0 Å². The third kappa shape index (κ3) is 5.34. The van der Waals surface area contributed by atoms with Crippen molar-refractivity contribution in [3.05, 3.63) is 30.3 Å².